The lowest BCUT2D eigenvalue weighted by atomic mass is 10.5. The van der Waals surface area contributed by atoms with Crippen molar-refractivity contribution in [3.8, 4) is 23.7 Å². The summed E-state index contributed by atoms with van der Waals surface area (Å²) in [6.45, 7) is 15.0. The third-order valence-electron chi connectivity index (χ3n) is 4.83. The Labute approximate surface area is 242 Å². The van der Waals surface area contributed by atoms with E-state index in [2.05, 4.69) is 34.3 Å². The quantitative estimate of drug-likeness (QED) is 0.108. The average Bonchev–Trinajstić information content (AvgIpc) is 2.91. The molecule has 0 aromatic heterocycles. The summed E-state index contributed by atoms with van der Waals surface area (Å²) in [4.78, 5) is 23.6. The van der Waals surface area contributed by atoms with Crippen LogP contribution in [0.4, 0.5) is 9.59 Å². The lowest BCUT2D eigenvalue weighted by molar-refractivity contribution is 0.0700. The summed E-state index contributed by atoms with van der Waals surface area (Å²) in [5.41, 5.74) is 0. The first-order valence-corrected chi connectivity index (χ1v) is 17.8. The van der Waals surface area contributed by atoms with Crippen LogP contribution in [0.25, 0.3) is 0 Å². The number of carbonyl (C=O) groups is 2. The van der Waals surface area contributed by atoms with Crippen LogP contribution >= 0.6 is 0 Å². The molecule has 0 aliphatic rings. The summed E-state index contributed by atoms with van der Waals surface area (Å²) in [7, 11) is -5.45. The van der Waals surface area contributed by atoms with Crippen LogP contribution in [0.3, 0.4) is 0 Å². The lowest BCUT2D eigenvalue weighted by Crippen LogP contribution is -2.46. The van der Waals surface area contributed by atoms with Crippen molar-refractivity contribution in [2.45, 2.75) is 66.5 Å². The maximum absolute atomic E-state index is 11.8. The van der Waals surface area contributed by atoms with E-state index >= 15 is 0 Å². The number of nitrogens with one attached hydrogen (secondary N) is 2. The third-order valence-corrected chi connectivity index (χ3v) is 11.1. The number of ether oxygens (including phenoxy) is 2. The van der Waals surface area contributed by atoms with Crippen LogP contribution in [-0.4, -0.2) is 95.7 Å². The van der Waals surface area contributed by atoms with E-state index in [-0.39, 0.29) is 13.2 Å². The predicted octanol–water partition coefficient (Wildman–Crippen LogP) is 3.32. The Balaban J connectivity index is 4.15. The average molecular weight is 605 g/mol. The van der Waals surface area contributed by atoms with Crippen LogP contribution in [0.5, 0.6) is 0 Å². The van der Waals surface area contributed by atoms with Gasteiger partial charge in [0.25, 0.3) is 0 Å². The lowest BCUT2D eigenvalue weighted by Gasteiger charge is -2.28. The molecule has 0 aromatic carbocycles. The van der Waals surface area contributed by atoms with Crippen LogP contribution in [0, 0.1) is 23.7 Å². The second-order valence-corrected chi connectivity index (χ2v) is 13.2. The molecule has 0 radical (unpaired) electrons. The van der Waals surface area contributed by atoms with Gasteiger partial charge in [0.05, 0.1) is 0 Å². The molecule has 0 saturated heterocycles. The molecule has 2 N–H and O–H groups in total. The summed E-state index contributed by atoms with van der Waals surface area (Å²) < 4.78 is 44.7. The van der Waals surface area contributed by atoms with E-state index in [1.807, 2.05) is 41.5 Å². The van der Waals surface area contributed by atoms with Gasteiger partial charge in [0, 0.05) is 64.8 Å². The smallest absolute Gasteiger partial charge is 0.436 e. The number of rotatable bonds is 22. The van der Waals surface area contributed by atoms with Gasteiger partial charge in [-0.2, -0.15) is 0 Å². The fraction of sp³-hybridized carbons (Fsp3) is 0.769. The van der Waals surface area contributed by atoms with Crippen LogP contribution < -0.4 is 10.6 Å². The second-order valence-electron chi connectivity index (χ2n) is 7.78. The summed E-state index contributed by atoms with van der Waals surface area (Å²) in [6.07, 6.45) is 0.0926. The molecular weight excluding hydrogens is 556 g/mol. The second kappa shape index (κ2) is 24.6. The van der Waals surface area contributed by atoms with Crippen molar-refractivity contribution in [3.05, 3.63) is 0 Å². The highest BCUT2D eigenvalue weighted by Gasteiger charge is 2.40. The van der Waals surface area contributed by atoms with Crippen molar-refractivity contribution >= 4 is 29.8 Å². The topological polar surface area (TPSA) is 132 Å². The molecule has 2 amide bonds. The molecule has 0 unspecified atom stereocenters. The van der Waals surface area contributed by atoms with Gasteiger partial charge in [-0.15, -0.1) is 0 Å². The minimum Gasteiger partial charge on any atom is -0.436 e. The Morgan fingerprint density at radius 3 is 1.12 bits per heavy atom. The summed E-state index contributed by atoms with van der Waals surface area (Å²) in [5.74, 6) is 10.3. The highest BCUT2D eigenvalue weighted by molar-refractivity contribution is 6.61. The van der Waals surface area contributed by atoms with Gasteiger partial charge < -0.3 is 46.7 Å². The van der Waals surface area contributed by atoms with Gasteiger partial charge in [0.15, 0.2) is 13.2 Å². The number of carbonyl (C=O) groups excluding carboxylic acids is 2. The molecule has 0 aliphatic carbocycles. The molecule has 0 bridgehead atoms. The van der Waals surface area contributed by atoms with E-state index in [0.717, 1.165) is 0 Å². The largest absolute Gasteiger partial charge is 0.500 e. The predicted molar refractivity (Wildman–Crippen MR) is 154 cm³/mol. The summed E-state index contributed by atoms with van der Waals surface area (Å²) in [6, 6.07) is 1.19. The molecule has 230 valence electrons. The molecule has 0 fully saturated rings. The monoisotopic (exact) mass is 604 g/mol. The van der Waals surface area contributed by atoms with Gasteiger partial charge in [-0.3, -0.25) is 0 Å². The molecule has 0 saturated carbocycles. The van der Waals surface area contributed by atoms with Crippen molar-refractivity contribution in [1.82, 2.24) is 10.6 Å². The molecule has 14 heteroatoms. The first-order chi connectivity index (χ1) is 19.4. The fourth-order valence-corrected chi connectivity index (χ4v) is 8.68. The van der Waals surface area contributed by atoms with Gasteiger partial charge >= 0.3 is 29.8 Å². The third kappa shape index (κ3) is 18.2. The standard InChI is InChI=1S/C26H48N2O10Si2/c1-7-33-39(34-8-2,35-9-3)23-17-19-27-25(29)31-21-15-13-14-16-22-32-26(30)28-20-18-24-40(36-10-4,37-11-5)38-12-6/h7-12,17-24H2,1-6H3,(H,27,29)(H,28,30). The Kier molecular flexibility index (Phi) is 23.3. The Bertz CT molecular complexity index is 711. The maximum atomic E-state index is 11.8. The van der Waals surface area contributed by atoms with Crippen molar-refractivity contribution in [2.75, 3.05) is 65.9 Å². The molecule has 0 atom stereocenters. The van der Waals surface area contributed by atoms with Crippen LogP contribution in [0.1, 0.15) is 54.4 Å². The van der Waals surface area contributed by atoms with Crippen molar-refractivity contribution in [3.63, 3.8) is 0 Å². The first-order valence-electron chi connectivity index (χ1n) is 14.0. The van der Waals surface area contributed by atoms with E-state index in [1.165, 1.54) is 0 Å². The SMILES string of the molecule is CCO[Si](CCCNC(=O)OCC#CC#CCOC(=O)NCCC[Si](OCC)(OCC)OCC)(OCC)OCC. The van der Waals surface area contributed by atoms with Crippen LogP contribution in [0.2, 0.25) is 12.1 Å². The molecule has 0 aromatic rings. The molecule has 40 heavy (non-hydrogen) atoms. The van der Waals surface area contributed by atoms with Crippen molar-refractivity contribution in [1.29, 1.82) is 0 Å². The number of amides is 2. The van der Waals surface area contributed by atoms with Gasteiger partial charge in [-0.05, 0) is 78.1 Å². The number of alkyl carbamates (subject to hydrolysis) is 2. The highest BCUT2D eigenvalue weighted by Crippen LogP contribution is 2.18. The highest BCUT2D eigenvalue weighted by atomic mass is 28.4. The zero-order valence-corrected chi connectivity index (χ0v) is 27.0. The van der Waals surface area contributed by atoms with Crippen molar-refractivity contribution < 1.29 is 45.6 Å². The van der Waals surface area contributed by atoms with Crippen LogP contribution in [-0.2, 0) is 36.0 Å². The van der Waals surface area contributed by atoms with Gasteiger partial charge in [0.2, 0.25) is 0 Å². The van der Waals surface area contributed by atoms with E-state index in [4.69, 9.17) is 36.0 Å². The summed E-state index contributed by atoms with van der Waals surface area (Å²) in [5, 5.41) is 5.32. The Hall–Kier alpha value is -2.15. The molecule has 12 nitrogen and oxygen atoms in total. The Morgan fingerprint density at radius 1 is 0.550 bits per heavy atom. The maximum Gasteiger partial charge on any atom is 0.500 e. The summed E-state index contributed by atoms with van der Waals surface area (Å²) >= 11 is 0. The minimum atomic E-state index is -2.72. The van der Waals surface area contributed by atoms with Gasteiger partial charge in [-0.25, -0.2) is 9.59 Å². The zero-order valence-electron chi connectivity index (χ0n) is 25.0. The van der Waals surface area contributed by atoms with Crippen molar-refractivity contribution in [2.24, 2.45) is 0 Å². The molecule has 0 rings (SSSR count). The Morgan fingerprint density at radius 2 is 0.850 bits per heavy atom. The first kappa shape index (κ1) is 37.9. The normalized spacial score (nSPS) is 11.1. The number of hydrogen-bond acceptors (Lipinski definition) is 10. The minimum absolute atomic E-state index is 0.118. The van der Waals surface area contributed by atoms with E-state index in [0.29, 0.717) is 77.7 Å². The molecular formula is C26H48N2O10Si2. The molecule has 0 heterocycles. The molecule has 0 spiro atoms. The van der Waals surface area contributed by atoms with Gasteiger partial charge in [-0.1, -0.05) is 0 Å². The zero-order chi connectivity index (χ0) is 30.0. The fourth-order valence-electron chi connectivity index (χ4n) is 3.46. The number of hydrogen-bond donors (Lipinski definition) is 2. The van der Waals surface area contributed by atoms with Crippen LogP contribution in [0.15, 0.2) is 0 Å². The van der Waals surface area contributed by atoms with E-state index in [9.17, 15) is 9.59 Å². The molecule has 0 aliphatic heterocycles. The van der Waals surface area contributed by atoms with E-state index in [1.54, 1.807) is 0 Å². The van der Waals surface area contributed by atoms with Gasteiger partial charge in [0.1, 0.15) is 0 Å². The van der Waals surface area contributed by atoms with E-state index < -0.39 is 29.8 Å².